The highest BCUT2D eigenvalue weighted by Gasteiger charge is 2.24. The summed E-state index contributed by atoms with van der Waals surface area (Å²) in [6.45, 7) is 2.27. The number of hydrogen-bond donors (Lipinski definition) is 1. The lowest BCUT2D eigenvalue weighted by molar-refractivity contribution is -0.115. The monoisotopic (exact) mass is 624 g/mol. The van der Waals surface area contributed by atoms with Crippen LogP contribution >= 0.6 is 66.8 Å². The van der Waals surface area contributed by atoms with E-state index >= 15 is 0 Å². The van der Waals surface area contributed by atoms with Gasteiger partial charge >= 0.3 is 0 Å². The Labute approximate surface area is 222 Å². The van der Waals surface area contributed by atoms with Crippen LogP contribution in [0.2, 0.25) is 10.0 Å². The summed E-state index contributed by atoms with van der Waals surface area (Å²) in [5.74, 6) is 0.324. The van der Waals surface area contributed by atoms with Crippen molar-refractivity contribution in [2.45, 2.75) is 13.5 Å². The molecule has 0 spiro atoms. The zero-order valence-electron chi connectivity index (χ0n) is 17.2. The molecule has 0 aromatic heterocycles. The number of aliphatic imine (C=N–C) groups is 1. The van der Waals surface area contributed by atoms with Crippen molar-refractivity contribution in [2.24, 2.45) is 4.99 Å². The summed E-state index contributed by atoms with van der Waals surface area (Å²) < 4.78 is 7.62. The third-order valence-electron chi connectivity index (χ3n) is 4.73. The van der Waals surface area contributed by atoms with E-state index in [1.165, 1.54) is 11.8 Å². The van der Waals surface area contributed by atoms with Crippen LogP contribution in [0.25, 0.3) is 6.08 Å². The van der Waals surface area contributed by atoms with Gasteiger partial charge in [0.1, 0.15) is 6.61 Å². The first-order valence-corrected chi connectivity index (χ1v) is 12.9. The number of nitrogens with one attached hydrogen (secondary N) is 1. The fraction of sp³-hybridized carbons (Fsp3) is 0.0833. The highest BCUT2D eigenvalue weighted by atomic mass is 79.9. The molecule has 168 valence electrons. The number of carbonyl (C=O) groups excluding carboxylic acids is 1. The number of ether oxygens (including phenoxy) is 1. The van der Waals surface area contributed by atoms with E-state index in [0.717, 1.165) is 21.2 Å². The lowest BCUT2D eigenvalue weighted by Crippen LogP contribution is -2.19. The fourth-order valence-corrected chi connectivity index (χ4v) is 5.25. The Hall–Kier alpha value is -1.77. The van der Waals surface area contributed by atoms with E-state index in [9.17, 15) is 4.79 Å². The Morgan fingerprint density at radius 3 is 2.58 bits per heavy atom. The molecule has 9 heteroatoms. The molecule has 0 saturated carbocycles. The summed E-state index contributed by atoms with van der Waals surface area (Å²) in [5.41, 5.74) is 3.35. The maximum Gasteiger partial charge on any atom is 0.264 e. The quantitative estimate of drug-likeness (QED) is 0.290. The van der Waals surface area contributed by atoms with Gasteiger partial charge in [-0.15, -0.1) is 0 Å². The Morgan fingerprint density at radius 2 is 1.85 bits per heavy atom. The summed E-state index contributed by atoms with van der Waals surface area (Å²) in [6, 6.07) is 17.0. The van der Waals surface area contributed by atoms with E-state index in [-0.39, 0.29) is 5.91 Å². The number of rotatable bonds is 5. The SMILES string of the molecule is Cc1c(Cl)cccc1N=C1NC(=O)/C(=C\c2cc(Cl)c(OCc3ccc(Br)cc3)c(Br)c2)S1. The molecule has 1 fully saturated rings. The molecule has 3 aromatic carbocycles. The number of amidine groups is 1. The molecule has 1 aliphatic heterocycles. The van der Waals surface area contributed by atoms with Crippen molar-refractivity contribution in [3.05, 3.63) is 95.2 Å². The first-order valence-electron chi connectivity index (χ1n) is 9.71. The fourth-order valence-electron chi connectivity index (χ4n) is 3.00. The van der Waals surface area contributed by atoms with Gasteiger partial charge in [0.2, 0.25) is 0 Å². The van der Waals surface area contributed by atoms with Crippen LogP contribution in [0.4, 0.5) is 5.69 Å². The molecule has 1 saturated heterocycles. The second-order valence-corrected chi connectivity index (χ2v) is 10.7. The van der Waals surface area contributed by atoms with Gasteiger partial charge in [-0.3, -0.25) is 4.79 Å². The van der Waals surface area contributed by atoms with Crippen molar-refractivity contribution < 1.29 is 9.53 Å². The van der Waals surface area contributed by atoms with Crippen LogP contribution < -0.4 is 10.1 Å². The van der Waals surface area contributed by atoms with E-state index in [0.29, 0.717) is 42.6 Å². The van der Waals surface area contributed by atoms with Gasteiger partial charge < -0.3 is 10.1 Å². The molecule has 1 heterocycles. The number of amides is 1. The van der Waals surface area contributed by atoms with Crippen LogP contribution in [0.5, 0.6) is 5.75 Å². The largest absolute Gasteiger partial charge is 0.486 e. The minimum Gasteiger partial charge on any atom is -0.486 e. The number of carbonyl (C=O) groups is 1. The lowest BCUT2D eigenvalue weighted by Gasteiger charge is -2.11. The zero-order chi connectivity index (χ0) is 23.5. The summed E-state index contributed by atoms with van der Waals surface area (Å²) >= 11 is 20.9. The van der Waals surface area contributed by atoms with Crippen LogP contribution in [-0.4, -0.2) is 11.1 Å². The van der Waals surface area contributed by atoms with Gasteiger partial charge in [0.25, 0.3) is 5.91 Å². The molecule has 0 unspecified atom stereocenters. The predicted octanol–water partition coefficient (Wildman–Crippen LogP) is 8.30. The lowest BCUT2D eigenvalue weighted by atomic mass is 10.2. The summed E-state index contributed by atoms with van der Waals surface area (Å²) in [6.07, 6.45) is 1.77. The van der Waals surface area contributed by atoms with E-state index in [1.54, 1.807) is 18.2 Å². The van der Waals surface area contributed by atoms with Crippen molar-refractivity contribution in [2.75, 3.05) is 0 Å². The summed E-state index contributed by atoms with van der Waals surface area (Å²) in [7, 11) is 0. The number of halogens is 4. The average molecular weight is 627 g/mol. The van der Waals surface area contributed by atoms with Gasteiger partial charge in [0.15, 0.2) is 10.9 Å². The van der Waals surface area contributed by atoms with Crippen molar-refractivity contribution in [1.29, 1.82) is 0 Å². The molecule has 4 rings (SSSR count). The Balaban J connectivity index is 1.51. The van der Waals surface area contributed by atoms with Crippen LogP contribution in [0, 0.1) is 6.92 Å². The third-order valence-corrected chi connectivity index (χ3v) is 7.44. The van der Waals surface area contributed by atoms with Crippen LogP contribution in [0.15, 0.2) is 73.4 Å². The predicted molar refractivity (Wildman–Crippen MR) is 145 cm³/mol. The second kappa shape index (κ2) is 10.7. The smallest absolute Gasteiger partial charge is 0.264 e. The molecule has 0 aliphatic carbocycles. The van der Waals surface area contributed by atoms with Gasteiger partial charge in [0, 0.05) is 9.50 Å². The molecular formula is C24H16Br2Cl2N2O2S. The van der Waals surface area contributed by atoms with Gasteiger partial charge in [-0.05, 0) is 93.8 Å². The third kappa shape index (κ3) is 6.03. The van der Waals surface area contributed by atoms with Gasteiger partial charge in [-0.25, -0.2) is 4.99 Å². The molecule has 1 amide bonds. The zero-order valence-corrected chi connectivity index (χ0v) is 22.7. The standard InChI is InChI=1S/C24H16Br2Cl2N2O2S/c1-13-18(27)3-2-4-20(13)29-24-30-23(31)21(33-24)11-15-9-17(26)22(19(28)10-15)32-12-14-5-7-16(25)8-6-14/h2-11H,12H2,1H3,(H,29,30,31)/b21-11+. The van der Waals surface area contributed by atoms with Gasteiger partial charge in [-0.2, -0.15) is 0 Å². The van der Waals surface area contributed by atoms with Crippen LogP contribution in [0.1, 0.15) is 16.7 Å². The number of hydrogen-bond acceptors (Lipinski definition) is 4. The summed E-state index contributed by atoms with van der Waals surface area (Å²) in [4.78, 5) is 17.5. The minimum atomic E-state index is -0.221. The molecule has 33 heavy (non-hydrogen) atoms. The van der Waals surface area contributed by atoms with Gasteiger partial charge in [0.05, 0.1) is 20.1 Å². The number of nitrogens with zero attached hydrogens (tertiary/aromatic N) is 1. The average Bonchev–Trinajstić information content (AvgIpc) is 3.10. The van der Waals surface area contributed by atoms with E-state index in [1.807, 2.05) is 49.4 Å². The highest BCUT2D eigenvalue weighted by Crippen LogP contribution is 2.37. The normalized spacial score (nSPS) is 15.8. The molecule has 4 nitrogen and oxygen atoms in total. The molecule has 0 atom stereocenters. The molecule has 3 aromatic rings. The first kappa shape index (κ1) is 24.4. The highest BCUT2D eigenvalue weighted by molar-refractivity contribution is 9.10. The topological polar surface area (TPSA) is 50.7 Å². The van der Waals surface area contributed by atoms with Crippen molar-refractivity contribution in [1.82, 2.24) is 5.32 Å². The molecule has 0 bridgehead atoms. The Morgan fingerprint density at radius 1 is 1.09 bits per heavy atom. The number of thioether (sulfide) groups is 1. The molecule has 0 radical (unpaired) electrons. The van der Waals surface area contributed by atoms with E-state index in [4.69, 9.17) is 27.9 Å². The maximum atomic E-state index is 12.5. The van der Waals surface area contributed by atoms with E-state index in [2.05, 4.69) is 42.2 Å². The van der Waals surface area contributed by atoms with Crippen molar-refractivity contribution in [3.8, 4) is 5.75 Å². The van der Waals surface area contributed by atoms with Crippen LogP contribution in [0.3, 0.4) is 0 Å². The Bertz CT molecular complexity index is 1270. The van der Waals surface area contributed by atoms with Crippen molar-refractivity contribution >= 4 is 89.7 Å². The molecular weight excluding hydrogens is 611 g/mol. The van der Waals surface area contributed by atoms with Crippen molar-refractivity contribution in [3.63, 3.8) is 0 Å². The Kier molecular flexibility index (Phi) is 7.87. The first-order chi connectivity index (χ1) is 15.8. The molecule has 1 aliphatic rings. The second-order valence-electron chi connectivity index (χ2n) is 7.09. The molecule has 1 N–H and O–H groups in total. The maximum absolute atomic E-state index is 12.5. The minimum absolute atomic E-state index is 0.221. The van der Waals surface area contributed by atoms with Gasteiger partial charge in [-0.1, -0.05) is 57.3 Å². The van der Waals surface area contributed by atoms with Crippen LogP contribution in [-0.2, 0) is 11.4 Å². The number of benzene rings is 3. The van der Waals surface area contributed by atoms with E-state index < -0.39 is 0 Å². The summed E-state index contributed by atoms with van der Waals surface area (Å²) in [5, 5.41) is 4.36.